The molecule has 4 rings (SSSR count). The van der Waals surface area contributed by atoms with Crippen molar-refractivity contribution < 1.29 is 62.2 Å². The number of carbonyl (C=O) groups is 4. The number of esters is 1. The number of rotatable bonds is 9. The number of aliphatic hydroxyl groups is 2. The predicted molar refractivity (Wildman–Crippen MR) is 286 cm³/mol. The van der Waals surface area contributed by atoms with Crippen LogP contribution in [0.2, 0.25) is 18.1 Å². The molecule has 3 fully saturated rings. The Kier molecular flexibility index (Phi) is 24.0. The maximum atomic E-state index is 14.6. The van der Waals surface area contributed by atoms with Crippen LogP contribution < -0.4 is 5.73 Å². The van der Waals surface area contributed by atoms with Crippen molar-refractivity contribution in [1.29, 1.82) is 0 Å². The molecule has 16 atom stereocenters. The summed E-state index contributed by atoms with van der Waals surface area (Å²) in [7, 11) is 4.23. The Bertz CT molecular complexity index is 1950. The van der Waals surface area contributed by atoms with Gasteiger partial charge in [0.05, 0.1) is 30.5 Å². The molecule has 1 unspecified atom stereocenters. The smallest absolute Gasteiger partial charge is 0.329 e. The molecule has 15 nitrogen and oxygen atoms in total. The monoisotopic (exact) mass is 1040 g/mol. The van der Waals surface area contributed by atoms with Crippen molar-refractivity contribution in [3.05, 3.63) is 47.6 Å². The van der Waals surface area contributed by atoms with Gasteiger partial charge in [-0.3, -0.25) is 14.4 Å². The minimum absolute atomic E-state index is 0.0276. The minimum Gasteiger partial charge on any atom is -0.459 e. The van der Waals surface area contributed by atoms with Crippen molar-refractivity contribution in [2.24, 2.45) is 35.3 Å². The summed E-state index contributed by atoms with van der Waals surface area (Å²) in [6.45, 7) is 22.5. The van der Waals surface area contributed by atoms with Gasteiger partial charge in [-0.15, -0.1) is 0 Å². The van der Waals surface area contributed by atoms with Gasteiger partial charge in [-0.1, -0.05) is 84.9 Å². The lowest BCUT2D eigenvalue weighted by atomic mass is 9.80. The molecule has 0 spiro atoms. The van der Waals surface area contributed by atoms with E-state index in [1.54, 1.807) is 21.1 Å². The van der Waals surface area contributed by atoms with Crippen LogP contribution in [0.4, 0.5) is 0 Å². The number of ketones is 2. The molecular formula is C57H96N2O13Si. The van der Waals surface area contributed by atoms with E-state index < -0.39 is 92.3 Å². The van der Waals surface area contributed by atoms with E-state index >= 15 is 0 Å². The van der Waals surface area contributed by atoms with Crippen LogP contribution in [0.1, 0.15) is 139 Å². The number of Topliss-reactive ketones (excluding diaryl/α,β-unsaturated/α-hetero) is 2. The molecule has 2 bridgehead atoms. The number of aliphatic hydroxyl groups excluding tert-OH is 1. The molecule has 1 aliphatic carbocycles. The molecular weight excluding hydrogens is 949 g/mol. The summed E-state index contributed by atoms with van der Waals surface area (Å²) in [4.78, 5) is 58.6. The zero-order valence-corrected chi connectivity index (χ0v) is 48.2. The standard InChI is InChI=1S/C57H96N2O13Si/c1-35-21-17-16-18-22-36(2)47(66-10)33-42-26-24-40(6)57(65,71-42)53(62)54(63)59-28-20-19-23-44(59)55(64)70-48(34-45(60)37(3)30-39(5)51(68-12)52(69-13)50(61)38(4)29-35)43(58)31-41-25-27-46(49(32-41)67-11)72-73(14,15)56(7,8)9/h16-18,21-22,30,35,37-38,40-49,51-52,60,65H,19-20,23-29,31-34,58H2,1-15H3/b18-16+,21-17+,36-22+,39-30+/t35-,37-,38-,40-,41+,42+,43-,44+,45-,46?,47+,48+,49-,51-,52+,57-/m1/s1. The van der Waals surface area contributed by atoms with E-state index in [1.165, 1.54) is 19.1 Å². The van der Waals surface area contributed by atoms with Crippen LogP contribution in [0.15, 0.2) is 47.6 Å². The topological polar surface area (TPSA) is 203 Å². The summed E-state index contributed by atoms with van der Waals surface area (Å²) in [5.41, 5.74) is 8.70. The zero-order chi connectivity index (χ0) is 54.6. The maximum absolute atomic E-state index is 14.6. The van der Waals surface area contributed by atoms with Crippen LogP contribution in [0, 0.1) is 29.6 Å². The Hall–Kier alpha value is -2.90. The molecule has 2 saturated heterocycles. The zero-order valence-electron chi connectivity index (χ0n) is 47.2. The summed E-state index contributed by atoms with van der Waals surface area (Å²) < 4.78 is 43.1. The number of fused-ring (bicyclic) bond motifs is 3. The third kappa shape index (κ3) is 16.6. The van der Waals surface area contributed by atoms with Gasteiger partial charge in [0.1, 0.15) is 24.4 Å². The fourth-order valence-corrected chi connectivity index (χ4v) is 12.4. The van der Waals surface area contributed by atoms with Gasteiger partial charge in [-0.05, 0) is 119 Å². The van der Waals surface area contributed by atoms with Gasteiger partial charge in [0.2, 0.25) is 5.79 Å². The number of amides is 1. The Labute approximate surface area is 439 Å². The quantitative estimate of drug-likeness (QED) is 0.0861. The highest BCUT2D eigenvalue weighted by Crippen LogP contribution is 2.42. The Morgan fingerprint density at radius 1 is 0.822 bits per heavy atom. The fourth-order valence-electron chi connectivity index (χ4n) is 11.0. The molecule has 3 aliphatic heterocycles. The van der Waals surface area contributed by atoms with Gasteiger partial charge in [-0.2, -0.15) is 0 Å². The lowest BCUT2D eigenvalue weighted by Gasteiger charge is -2.44. The molecule has 4 N–H and O–H groups in total. The summed E-state index contributed by atoms with van der Waals surface area (Å²) in [5, 5.41) is 24.1. The molecule has 1 amide bonds. The first-order valence-electron chi connectivity index (χ1n) is 27.2. The minimum atomic E-state index is -2.43. The van der Waals surface area contributed by atoms with Crippen molar-refractivity contribution in [3.8, 4) is 0 Å². The van der Waals surface area contributed by atoms with Gasteiger partial charge in [-0.25, -0.2) is 4.79 Å². The second-order valence-corrected chi connectivity index (χ2v) is 28.3. The highest BCUT2D eigenvalue weighted by molar-refractivity contribution is 6.74. The number of nitrogens with zero attached hydrogens (tertiary/aromatic N) is 1. The van der Waals surface area contributed by atoms with Gasteiger partial charge in [0, 0.05) is 71.6 Å². The third-order valence-corrected chi connectivity index (χ3v) is 21.4. The first-order valence-corrected chi connectivity index (χ1v) is 30.1. The van der Waals surface area contributed by atoms with E-state index in [-0.39, 0.29) is 60.2 Å². The average molecular weight is 1050 g/mol. The van der Waals surface area contributed by atoms with E-state index in [4.69, 9.17) is 38.6 Å². The third-order valence-electron chi connectivity index (χ3n) is 16.9. The molecule has 0 aromatic heterocycles. The van der Waals surface area contributed by atoms with Crippen LogP contribution in [-0.4, -0.2) is 149 Å². The van der Waals surface area contributed by atoms with E-state index in [9.17, 15) is 29.4 Å². The maximum Gasteiger partial charge on any atom is 0.329 e. The molecule has 416 valence electrons. The highest BCUT2D eigenvalue weighted by Gasteiger charge is 2.53. The first kappa shape index (κ1) is 62.6. The number of piperidine rings is 1. The van der Waals surface area contributed by atoms with Crippen LogP contribution in [0.3, 0.4) is 0 Å². The molecule has 0 aromatic rings. The van der Waals surface area contributed by atoms with Crippen molar-refractivity contribution >= 4 is 31.8 Å². The molecule has 1 saturated carbocycles. The number of carbonyl (C=O) groups excluding carboxylic acids is 4. The van der Waals surface area contributed by atoms with Crippen LogP contribution in [0.25, 0.3) is 0 Å². The second kappa shape index (κ2) is 27.9. The molecule has 16 heteroatoms. The molecule has 0 aromatic carbocycles. The number of nitrogens with two attached hydrogens (primary N) is 1. The Morgan fingerprint density at radius 2 is 1.51 bits per heavy atom. The van der Waals surface area contributed by atoms with Crippen molar-refractivity contribution in [3.63, 3.8) is 0 Å². The molecule has 0 radical (unpaired) electrons. The SMILES string of the molecule is CO[C@H]1C[C@@H]2CC[C@@H](C)[C@@](O)(O2)C(=O)C(=O)N2CCCC[C@H]2C(=O)O[C@H]([C@H](N)C[C@@H]2CCC(O[Si](C)(C)C(C)(C)C)[C@H](OC)C2)C[C@@H](O)[C@H](C)/C=C(\C)[C@@H](OC)[C@@H](OC)C(=O)[C@H](C)C[C@H](C)/C=C/C=C/C=C/1C. The van der Waals surface area contributed by atoms with Crippen molar-refractivity contribution in [2.45, 2.75) is 224 Å². The fraction of sp³-hybridized carbons (Fsp3) is 0.789. The Balaban J connectivity index is 1.72. The highest BCUT2D eigenvalue weighted by atomic mass is 28.4. The van der Waals surface area contributed by atoms with Gasteiger partial charge in [0.25, 0.3) is 11.7 Å². The number of allylic oxidation sites excluding steroid dienone is 5. The second-order valence-electron chi connectivity index (χ2n) is 23.5. The molecule has 3 heterocycles. The van der Waals surface area contributed by atoms with Crippen molar-refractivity contribution in [1.82, 2.24) is 4.90 Å². The van der Waals surface area contributed by atoms with Crippen molar-refractivity contribution in [2.75, 3.05) is 35.0 Å². The summed E-state index contributed by atoms with van der Waals surface area (Å²) in [6, 6.07) is -1.87. The number of methoxy groups -OCH3 is 4. The van der Waals surface area contributed by atoms with Gasteiger partial charge >= 0.3 is 5.97 Å². The number of ether oxygens (including phenoxy) is 6. The lowest BCUT2D eigenvalue weighted by molar-refractivity contribution is -0.265. The summed E-state index contributed by atoms with van der Waals surface area (Å²) >= 11 is 0. The van der Waals surface area contributed by atoms with Crippen LogP contribution >= 0.6 is 0 Å². The molecule has 4 aliphatic rings. The van der Waals surface area contributed by atoms with E-state index in [0.717, 1.165) is 18.4 Å². The van der Waals surface area contributed by atoms with E-state index in [2.05, 4.69) is 40.8 Å². The predicted octanol–water partition coefficient (Wildman–Crippen LogP) is 8.35. The van der Waals surface area contributed by atoms with E-state index in [1.807, 2.05) is 64.2 Å². The lowest BCUT2D eigenvalue weighted by Crippen LogP contribution is -2.61. The average Bonchev–Trinajstić information content (AvgIpc) is 3.34. The number of hydrogen-bond donors (Lipinski definition) is 3. The largest absolute Gasteiger partial charge is 0.459 e. The van der Waals surface area contributed by atoms with E-state index in [0.29, 0.717) is 56.9 Å². The van der Waals surface area contributed by atoms with Gasteiger partial charge in [0.15, 0.2) is 14.1 Å². The first-order chi connectivity index (χ1) is 34.2. The van der Waals surface area contributed by atoms with Crippen LogP contribution in [-0.2, 0) is 52.0 Å². The van der Waals surface area contributed by atoms with Gasteiger partial charge < -0.3 is 53.7 Å². The van der Waals surface area contributed by atoms with Crippen LogP contribution in [0.5, 0.6) is 0 Å². The Morgan fingerprint density at radius 3 is 2.14 bits per heavy atom. The summed E-state index contributed by atoms with van der Waals surface area (Å²) in [6.07, 6.45) is 12.6. The molecule has 73 heavy (non-hydrogen) atoms. The normalized spacial score (nSPS) is 38.8. The number of cyclic esters (lactones) is 1. The number of hydrogen-bond acceptors (Lipinski definition) is 14. The summed E-state index contributed by atoms with van der Waals surface area (Å²) in [5.74, 6) is -6.82.